The van der Waals surface area contributed by atoms with E-state index < -0.39 is 10.0 Å². The van der Waals surface area contributed by atoms with Crippen molar-refractivity contribution in [3.63, 3.8) is 0 Å². The smallest absolute Gasteiger partial charge is 0.243 e. The van der Waals surface area contributed by atoms with E-state index in [0.29, 0.717) is 50.5 Å². The highest BCUT2D eigenvalue weighted by molar-refractivity contribution is 7.89. The predicted octanol–water partition coefficient (Wildman–Crippen LogP) is 3.01. The largest absolute Gasteiger partial charge is 0.378 e. The molecule has 0 radical (unpaired) electrons. The molecule has 1 amide bonds. The first-order valence-electron chi connectivity index (χ1n) is 10.8. The van der Waals surface area contributed by atoms with Crippen LogP contribution in [0.25, 0.3) is 0 Å². The molecule has 0 atom stereocenters. The van der Waals surface area contributed by atoms with Gasteiger partial charge >= 0.3 is 0 Å². The molecule has 0 unspecified atom stereocenters. The Bertz CT molecular complexity index is 1060. The summed E-state index contributed by atoms with van der Waals surface area (Å²) in [5.41, 5.74) is 1.90. The first kappa shape index (κ1) is 22.7. The summed E-state index contributed by atoms with van der Waals surface area (Å²) >= 11 is 0. The van der Waals surface area contributed by atoms with Crippen LogP contribution in [-0.2, 0) is 19.6 Å². The van der Waals surface area contributed by atoms with Crippen LogP contribution in [0.2, 0.25) is 0 Å². The summed E-state index contributed by atoms with van der Waals surface area (Å²) in [6, 6.07) is 11.5. The van der Waals surface area contributed by atoms with Gasteiger partial charge in [-0.2, -0.15) is 4.31 Å². The van der Waals surface area contributed by atoms with Crippen molar-refractivity contribution in [3.8, 4) is 0 Å². The Balaban J connectivity index is 1.34. The highest BCUT2D eigenvalue weighted by Gasteiger charge is 2.32. The van der Waals surface area contributed by atoms with Crippen molar-refractivity contribution in [2.45, 2.75) is 24.7 Å². The van der Waals surface area contributed by atoms with Gasteiger partial charge in [0.25, 0.3) is 0 Å². The van der Waals surface area contributed by atoms with Gasteiger partial charge in [0, 0.05) is 37.8 Å². The summed E-state index contributed by atoms with van der Waals surface area (Å²) in [6.45, 7) is 4.85. The number of halogens is 1. The standard InChI is InChI=1S/C23H28FN3O4S/c1-17-2-5-20(6-3-17)32(29,30)27-10-8-18(9-11-27)23(28)25-19-4-7-22(21(24)16-19)26-12-14-31-15-13-26/h2-7,16,18H,8-15H2,1H3,(H,25,28). The lowest BCUT2D eigenvalue weighted by Gasteiger charge is -2.31. The number of nitrogens with zero attached hydrogens (tertiary/aromatic N) is 2. The van der Waals surface area contributed by atoms with Gasteiger partial charge in [0.05, 0.1) is 23.8 Å². The number of benzene rings is 2. The van der Waals surface area contributed by atoms with Crippen molar-refractivity contribution < 1.29 is 22.3 Å². The van der Waals surface area contributed by atoms with Crippen LogP contribution in [0.3, 0.4) is 0 Å². The average molecular weight is 462 g/mol. The van der Waals surface area contributed by atoms with Crippen molar-refractivity contribution in [1.29, 1.82) is 0 Å². The zero-order chi connectivity index (χ0) is 22.7. The van der Waals surface area contributed by atoms with E-state index in [0.717, 1.165) is 5.56 Å². The third-order valence-electron chi connectivity index (χ3n) is 6.05. The predicted molar refractivity (Wildman–Crippen MR) is 121 cm³/mol. The Hall–Kier alpha value is -2.49. The number of hydrogen-bond donors (Lipinski definition) is 1. The maximum Gasteiger partial charge on any atom is 0.243 e. The number of sulfonamides is 1. The molecule has 172 valence electrons. The maximum absolute atomic E-state index is 14.6. The fraction of sp³-hybridized carbons (Fsp3) is 0.435. The third-order valence-corrected chi connectivity index (χ3v) is 7.96. The number of nitrogens with one attached hydrogen (secondary N) is 1. The molecule has 2 aromatic rings. The maximum atomic E-state index is 14.6. The first-order valence-corrected chi connectivity index (χ1v) is 12.3. The molecule has 2 aliphatic heterocycles. The van der Waals surface area contributed by atoms with Gasteiger partial charge in [-0.15, -0.1) is 0 Å². The number of morpholine rings is 1. The second kappa shape index (κ2) is 9.56. The topological polar surface area (TPSA) is 79.0 Å². The molecular weight excluding hydrogens is 433 g/mol. The van der Waals surface area contributed by atoms with Crippen molar-refractivity contribution in [3.05, 3.63) is 53.8 Å². The summed E-state index contributed by atoms with van der Waals surface area (Å²) < 4.78 is 47.0. The van der Waals surface area contributed by atoms with Crippen LogP contribution < -0.4 is 10.2 Å². The highest BCUT2D eigenvalue weighted by Crippen LogP contribution is 2.27. The van der Waals surface area contributed by atoms with Crippen LogP contribution in [-0.4, -0.2) is 58.0 Å². The molecule has 0 aromatic heterocycles. The molecule has 2 heterocycles. The van der Waals surface area contributed by atoms with E-state index in [1.165, 1.54) is 10.4 Å². The Labute approximate surface area is 188 Å². The highest BCUT2D eigenvalue weighted by atomic mass is 32.2. The van der Waals surface area contributed by atoms with E-state index >= 15 is 0 Å². The lowest BCUT2D eigenvalue weighted by molar-refractivity contribution is -0.120. The summed E-state index contributed by atoms with van der Waals surface area (Å²) in [5.74, 6) is -0.916. The number of carbonyl (C=O) groups excluding carboxylic acids is 1. The number of carbonyl (C=O) groups is 1. The fourth-order valence-electron chi connectivity index (χ4n) is 4.11. The van der Waals surface area contributed by atoms with Gasteiger partial charge in [-0.3, -0.25) is 4.79 Å². The van der Waals surface area contributed by atoms with Gasteiger partial charge in [0.2, 0.25) is 15.9 Å². The minimum Gasteiger partial charge on any atom is -0.378 e. The zero-order valence-corrected chi connectivity index (χ0v) is 18.9. The lowest BCUT2D eigenvalue weighted by Crippen LogP contribution is -2.41. The quantitative estimate of drug-likeness (QED) is 0.741. The number of ether oxygens (including phenoxy) is 1. The van der Waals surface area contributed by atoms with Crippen molar-refractivity contribution in [2.24, 2.45) is 5.92 Å². The molecule has 0 spiro atoms. The molecule has 2 saturated heterocycles. The Morgan fingerprint density at radius 2 is 1.69 bits per heavy atom. The van der Waals surface area contributed by atoms with Gasteiger partial charge in [-0.05, 0) is 50.1 Å². The van der Waals surface area contributed by atoms with E-state index in [4.69, 9.17) is 4.74 Å². The number of aryl methyl sites for hydroxylation is 1. The molecule has 2 fully saturated rings. The van der Waals surface area contributed by atoms with Crippen LogP contribution in [0.1, 0.15) is 18.4 Å². The van der Waals surface area contributed by atoms with Gasteiger partial charge in [-0.25, -0.2) is 12.8 Å². The van der Waals surface area contributed by atoms with Crippen LogP contribution in [0.15, 0.2) is 47.4 Å². The van der Waals surface area contributed by atoms with Crippen molar-refractivity contribution >= 4 is 27.3 Å². The lowest BCUT2D eigenvalue weighted by atomic mass is 9.97. The molecule has 0 bridgehead atoms. The van der Waals surface area contributed by atoms with Crippen LogP contribution in [0, 0.1) is 18.7 Å². The number of piperidine rings is 1. The first-order chi connectivity index (χ1) is 15.3. The summed E-state index contributed by atoms with van der Waals surface area (Å²) in [6.07, 6.45) is 0.844. The second-order valence-corrected chi connectivity index (χ2v) is 10.2. The van der Waals surface area contributed by atoms with Crippen LogP contribution in [0.4, 0.5) is 15.8 Å². The van der Waals surface area contributed by atoms with E-state index in [1.54, 1.807) is 36.4 Å². The zero-order valence-electron chi connectivity index (χ0n) is 18.1. The molecule has 2 aromatic carbocycles. The SMILES string of the molecule is Cc1ccc(S(=O)(=O)N2CCC(C(=O)Nc3ccc(N4CCOCC4)c(F)c3)CC2)cc1. The number of rotatable bonds is 5. The molecule has 0 aliphatic carbocycles. The number of hydrogen-bond acceptors (Lipinski definition) is 5. The molecular formula is C23H28FN3O4S. The molecule has 4 rings (SSSR count). The Morgan fingerprint density at radius 1 is 1.03 bits per heavy atom. The molecule has 7 nitrogen and oxygen atoms in total. The molecule has 1 N–H and O–H groups in total. The van der Waals surface area contributed by atoms with Gasteiger partial charge in [-0.1, -0.05) is 17.7 Å². The summed E-state index contributed by atoms with van der Waals surface area (Å²) in [5, 5.41) is 2.78. The van der Waals surface area contributed by atoms with Gasteiger partial charge in [0.1, 0.15) is 5.82 Å². The summed E-state index contributed by atoms with van der Waals surface area (Å²) in [7, 11) is -3.57. The second-order valence-electron chi connectivity index (χ2n) is 8.25. The average Bonchev–Trinajstić information content (AvgIpc) is 2.80. The molecule has 32 heavy (non-hydrogen) atoms. The number of anilines is 2. The van der Waals surface area contributed by atoms with Crippen LogP contribution in [0.5, 0.6) is 0 Å². The molecule has 9 heteroatoms. The van der Waals surface area contributed by atoms with E-state index in [-0.39, 0.29) is 35.6 Å². The normalized spacial score (nSPS) is 18.5. The fourth-order valence-corrected chi connectivity index (χ4v) is 5.58. The van der Waals surface area contributed by atoms with Gasteiger partial charge < -0.3 is 15.0 Å². The Kier molecular flexibility index (Phi) is 6.78. The summed E-state index contributed by atoms with van der Waals surface area (Å²) in [4.78, 5) is 14.9. The van der Waals surface area contributed by atoms with Crippen LogP contribution >= 0.6 is 0 Å². The minimum absolute atomic E-state index is 0.212. The number of amides is 1. The molecule has 2 aliphatic rings. The Morgan fingerprint density at radius 3 is 2.31 bits per heavy atom. The van der Waals surface area contributed by atoms with E-state index in [9.17, 15) is 17.6 Å². The van der Waals surface area contributed by atoms with Crippen molar-refractivity contribution in [1.82, 2.24) is 4.31 Å². The van der Waals surface area contributed by atoms with E-state index in [2.05, 4.69) is 5.32 Å². The molecule has 0 saturated carbocycles. The van der Waals surface area contributed by atoms with Gasteiger partial charge in [0.15, 0.2) is 0 Å². The van der Waals surface area contributed by atoms with E-state index in [1.807, 2.05) is 11.8 Å². The monoisotopic (exact) mass is 461 g/mol. The third kappa shape index (κ3) is 4.95. The minimum atomic E-state index is -3.57. The van der Waals surface area contributed by atoms with Crippen molar-refractivity contribution in [2.75, 3.05) is 49.6 Å².